The van der Waals surface area contributed by atoms with Crippen LogP contribution in [0.3, 0.4) is 0 Å². The molecule has 5 N–H and O–H groups in total. The van der Waals surface area contributed by atoms with Gasteiger partial charge in [-0.3, -0.25) is 5.73 Å². The van der Waals surface area contributed by atoms with Crippen LogP contribution in [0.1, 0.15) is 0 Å². The summed E-state index contributed by atoms with van der Waals surface area (Å²) in [5, 5.41) is 1.65. The van der Waals surface area contributed by atoms with Crippen LogP contribution in [0.4, 0.5) is 0 Å². The van der Waals surface area contributed by atoms with Crippen LogP contribution in [-0.2, 0) is 0 Å². The zero-order valence-corrected chi connectivity index (χ0v) is 5.52. The Kier molecular flexibility index (Phi) is 1.38. The lowest BCUT2D eigenvalue weighted by Crippen LogP contribution is -2.48. The molecule has 0 aliphatic carbocycles. The van der Waals surface area contributed by atoms with Crippen LogP contribution < -0.4 is 16.8 Å². The lowest BCUT2D eigenvalue weighted by molar-refractivity contribution is 0.616. The molecule has 0 aromatic rings. The van der Waals surface area contributed by atoms with Crippen molar-refractivity contribution in [2.75, 3.05) is 0 Å². The highest BCUT2D eigenvalue weighted by Crippen LogP contribution is 2.09. The SMILES string of the molecule is NC1=CC=CC(N)(Cl)N1. The highest BCUT2D eigenvalue weighted by atomic mass is 35.5. The van der Waals surface area contributed by atoms with Gasteiger partial charge < -0.3 is 11.1 Å². The summed E-state index contributed by atoms with van der Waals surface area (Å²) in [6, 6.07) is 0. The van der Waals surface area contributed by atoms with Gasteiger partial charge in [-0.1, -0.05) is 17.7 Å². The monoisotopic (exact) mass is 145 g/mol. The molecule has 0 aromatic heterocycles. The average molecular weight is 146 g/mol. The lowest BCUT2D eigenvalue weighted by atomic mass is 10.3. The Labute approximate surface area is 58.3 Å². The van der Waals surface area contributed by atoms with Gasteiger partial charge in [0.25, 0.3) is 0 Å². The Bertz CT molecular complexity index is 171. The van der Waals surface area contributed by atoms with E-state index < -0.39 is 5.12 Å². The van der Waals surface area contributed by atoms with Crippen LogP contribution in [-0.4, -0.2) is 5.12 Å². The van der Waals surface area contributed by atoms with Crippen molar-refractivity contribution in [2.24, 2.45) is 11.5 Å². The molecule has 1 atom stereocenters. The first-order valence-electron chi connectivity index (χ1n) is 2.51. The molecule has 0 fully saturated rings. The summed E-state index contributed by atoms with van der Waals surface area (Å²) in [6.45, 7) is 0. The number of allylic oxidation sites excluding steroid dienone is 2. The van der Waals surface area contributed by atoms with Crippen LogP contribution in [0.5, 0.6) is 0 Å². The van der Waals surface area contributed by atoms with Crippen molar-refractivity contribution in [1.82, 2.24) is 5.32 Å². The molecular weight excluding hydrogens is 138 g/mol. The maximum absolute atomic E-state index is 5.63. The summed E-state index contributed by atoms with van der Waals surface area (Å²) >= 11 is 5.63. The number of nitrogens with two attached hydrogens (primary N) is 2. The van der Waals surface area contributed by atoms with Crippen molar-refractivity contribution in [3.63, 3.8) is 0 Å². The number of nitrogens with one attached hydrogen (secondary N) is 1. The Balaban J connectivity index is 2.73. The number of hydrogen-bond donors (Lipinski definition) is 3. The van der Waals surface area contributed by atoms with Crippen LogP contribution >= 0.6 is 11.6 Å². The van der Waals surface area contributed by atoms with E-state index >= 15 is 0 Å². The fourth-order valence-electron chi connectivity index (χ4n) is 0.596. The Hall–Kier alpha value is -0.670. The van der Waals surface area contributed by atoms with Crippen molar-refractivity contribution >= 4 is 11.6 Å². The fourth-order valence-corrected chi connectivity index (χ4v) is 0.778. The van der Waals surface area contributed by atoms with E-state index in [0.29, 0.717) is 5.82 Å². The summed E-state index contributed by atoms with van der Waals surface area (Å²) in [4.78, 5) is 0. The van der Waals surface area contributed by atoms with Gasteiger partial charge in [-0.2, -0.15) is 0 Å². The van der Waals surface area contributed by atoms with Gasteiger partial charge in [0.05, 0.1) is 5.82 Å². The topological polar surface area (TPSA) is 64.1 Å². The van der Waals surface area contributed by atoms with E-state index in [1.807, 2.05) is 0 Å². The van der Waals surface area contributed by atoms with Crippen LogP contribution in [0.25, 0.3) is 0 Å². The summed E-state index contributed by atoms with van der Waals surface area (Å²) in [6.07, 6.45) is 5.01. The van der Waals surface area contributed by atoms with E-state index in [0.717, 1.165) is 0 Å². The maximum Gasteiger partial charge on any atom is 0.184 e. The van der Waals surface area contributed by atoms with Gasteiger partial charge in [0.2, 0.25) is 0 Å². The Morgan fingerprint density at radius 3 is 2.67 bits per heavy atom. The van der Waals surface area contributed by atoms with Crippen LogP contribution in [0, 0.1) is 0 Å². The molecule has 1 unspecified atom stereocenters. The molecule has 50 valence electrons. The van der Waals surface area contributed by atoms with Crippen LogP contribution in [0.2, 0.25) is 0 Å². The molecule has 9 heavy (non-hydrogen) atoms. The van der Waals surface area contributed by atoms with E-state index in [1.165, 1.54) is 0 Å². The number of halogens is 1. The average Bonchev–Trinajstić information content (AvgIpc) is 1.60. The molecule has 1 aliphatic rings. The molecule has 1 aliphatic heterocycles. The minimum atomic E-state index is -1.00. The smallest absolute Gasteiger partial charge is 0.184 e. The quantitative estimate of drug-likeness (QED) is 0.327. The van der Waals surface area contributed by atoms with Crippen LogP contribution in [0.15, 0.2) is 24.0 Å². The standard InChI is InChI=1S/C5H8ClN3/c6-5(8)3-1-2-4(7)9-5/h1-3,9H,7-8H2. The van der Waals surface area contributed by atoms with Crippen molar-refractivity contribution in [3.8, 4) is 0 Å². The number of alkyl halides is 1. The Morgan fingerprint density at radius 2 is 2.33 bits per heavy atom. The lowest BCUT2D eigenvalue weighted by Gasteiger charge is -2.22. The van der Waals surface area contributed by atoms with Crippen molar-refractivity contribution in [3.05, 3.63) is 24.0 Å². The van der Waals surface area contributed by atoms with Crippen molar-refractivity contribution in [2.45, 2.75) is 5.12 Å². The molecule has 0 saturated carbocycles. The first-order valence-corrected chi connectivity index (χ1v) is 2.89. The third-order valence-electron chi connectivity index (χ3n) is 0.950. The van der Waals surface area contributed by atoms with Crippen molar-refractivity contribution < 1.29 is 0 Å². The minimum Gasteiger partial charge on any atom is -0.385 e. The van der Waals surface area contributed by atoms with E-state index in [2.05, 4.69) is 5.32 Å². The number of rotatable bonds is 0. The normalized spacial score (nSPS) is 33.3. The van der Waals surface area contributed by atoms with Gasteiger partial charge in [-0.15, -0.1) is 0 Å². The van der Waals surface area contributed by atoms with E-state index in [9.17, 15) is 0 Å². The van der Waals surface area contributed by atoms with E-state index in [4.69, 9.17) is 23.1 Å². The number of dihydropyridines is 1. The predicted molar refractivity (Wildman–Crippen MR) is 37.3 cm³/mol. The van der Waals surface area contributed by atoms with Gasteiger partial charge in [0.15, 0.2) is 5.12 Å². The first kappa shape index (κ1) is 6.45. The molecule has 0 amide bonds. The zero-order chi connectivity index (χ0) is 6.91. The van der Waals surface area contributed by atoms with Gasteiger partial charge in [0.1, 0.15) is 0 Å². The highest BCUT2D eigenvalue weighted by Gasteiger charge is 2.18. The molecule has 0 radical (unpaired) electrons. The molecule has 0 aromatic carbocycles. The molecular formula is C5H8ClN3. The van der Waals surface area contributed by atoms with Gasteiger partial charge in [0, 0.05) is 0 Å². The van der Waals surface area contributed by atoms with Gasteiger partial charge >= 0.3 is 0 Å². The predicted octanol–water partition coefficient (Wildman–Crippen LogP) is -0.203. The molecule has 0 saturated heterocycles. The third-order valence-corrected chi connectivity index (χ3v) is 1.17. The molecule has 0 bridgehead atoms. The first-order chi connectivity index (χ1) is 4.10. The summed E-state index contributed by atoms with van der Waals surface area (Å²) in [5.74, 6) is 0.481. The second-order valence-electron chi connectivity index (χ2n) is 1.87. The highest BCUT2D eigenvalue weighted by molar-refractivity contribution is 6.24. The zero-order valence-electron chi connectivity index (χ0n) is 4.76. The van der Waals surface area contributed by atoms with Gasteiger partial charge in [-0.05, 0) is 12.2 Å². The summed E-state index contributed by atoms with van der Waals surface area (Å²) < 4.78 is 0. The summed E-state index contributed by atoms with van der Waals surface area (Å²) in [7, 11) is 0. The summed E-state index contributed by atoms with van der Waals surface area (Å²) in [5.41, 5.74) is 10.8. The van der Waals surface area contributed by atoms with Gasteiger partial charge in [-0.25, -0.2) is 0 Å². The molecule has 1 heterocycles. The third kappa shape index (κ3) is 1.62. The Morgan fingerprint density at radius 1 is 1.67 bits per heavy atom. The molecule has 0 spiro atoms. The van der Waals surface area contributed by atoms with Crippen molar-refractivity contribution in [1.29, 1.82) is 0 Å². The fraction of sp³-hybridized carbons (Fsp3) is 0.200. The molecule has 1 rings (SSSR count). The second kappa shape index (κ2) is 1.93. The maximum atomic E-state index is 5.63. The van der Waals surface area contributed by atoms with E-state index in [-0.39, 0.29) is 0 Å². The second-order valence-corrected chi connectivity index (χ2v) is 2.50. The largest absolute Gasteiger partial charge is 0.385 e. The molecule has 4 heteroatoms. The minimum absolute atomic E-state index is 0.481. The number of hydrogen-bond acceptors (Lipinski definition) is 3. The van der Waals surface area contributed by atoms with E-state index in [1.54, 1.807) is 18.2 Å². The molecule has 3 nitrogen and oxygen atoms in total.